The van der Waals surface area contributed by atoms with Crippen molar-refractivity contribution in [3.8, 4) is 11.1 Å². The summed E-state index contributed by atoms with van der Waals surface area (Å²) in [4.78, 5) is 33.7. The molecule has 4 aromatic rings. The number of amides is 2. The van der Waals surface area contributed by atoms with Gasteiger partial charge < -0.3 is 15.2 Å². The van der Waals surface area contributed by atoms with Gasteiger partial charge in [-0.2, -0.15) is 14.8 Å². The Balaban J connectivity index is 1.34. The number of fused-ring (bicyclic) bond motifs is 2. The summed E-state index contributed by atoms with van der Waals surface area (Å²) in [6, 6.07) is 7.80. The molecular weight excluding hydrogens is 394 g/mol. The minimum atomic E-state index is -0.201. The van der Waals surface area contributed by atoms with Crippen LogP contribution in [0, 0.1) is 5.92 Å². The molecule has 0 aliphatic carbocycles. The van der Waals surface area contributed by atoms with Gasteiger partial charge in [-0.1, -0.05) is 6.58 Å². The van der Waals surface area contributed by atoms with E-state index < -0.39 is 0 Å². The van der Waals surface area contributed by atoms with Gasteiger partial charge in [0, 0.05) is 42.1 Å². The molecule has 2 amide bonds. The Bertz CT molecular complexity index is 1310. The van der Waals surface area contributed by atoms with E-state index in [1.807, 2.05) is 24.3 Å². The van der Waals surface area contributed by atoms with Gasteiger partial charge in [0.15, 0.2) is 0 Å². The van der Waals surface area contributed by atoms with E-state index in [4.69, 9.17) is 0 Å². The van der Waals surface area contributed by atoms with Crippen molar-refractivity contribution in [1.82, 2.24) is 35.0 Å². The number of rotatable bonds is 5. The lowest BCUT2D eigenvalue weighted by atomic mass is 10.1. The molecule has 0 spiro atoms. The summed E-state index contributed by atoms with van der Waals surface area (Å²) in [5.74, 6) is -0.388. The van der Waals surface area contributed by atoms with E-state index in [0.29, 0.717) is 26.1 Å². The Morgan fingerprint density at radius 3 is 3.03 bits per heavy atom. The molecule has 2 N–H and O–H groups in total. The highest BCUT2D eigenvalue weighted by Crippen LogP contribution is 2.30. The van der Waals surface area contributed by atoms with Crippen LogP contribution in [0.4, 0.5) is 0 Å². The van der Waals surface area contributed by atoms with Crippen molar-refractivity contribution in [1.29, 1.82) is 0 Å². The summed E-state index contributed by atoms with van der Waals surface area (Å²) >= 11 is 0. The van der Waals surface area contributed by atoms with Crippen molar-refractivity contribution in [3.63, 3.8) is 0 Å². The minimum absolute atomic E-state index is 0.0556. The van der Waals surface area contributed by atoms with Crippen LogP contribution in [0.15, 0.2) is 55.5 Å². The Hall–Kier alpha value is -4.01. The number of nitrogens with zero attached hydrogens (tertiary/aromatic N) is 5. The molecule has 31 heavy (non-hydrogen) atoms. The van der Waals surface area contributed by atoms with Crippen molar-refractivity contribution in [3.05, 3.63) is 61.2 Å². The zero-order valence-corrected chi connectivity index (χ0v) is 16.8. The fourth-order valence-corrected chi connectivity index (χ4v) is 4.08. The molecule has 4 aromatic heterocycles. The van der Waals surface area contributed by atoms with Gasteiger partial charge in [0.1, 0.15) is 5.65 Å². The molecule has 1 aliphatic heterocycles. The van der Waals surface area contributed by atoms with Crippen molar-refractivity contribution in [2.75, 3.05) is 13.1 Å². The number of nitrogens with one attached hydrogen (secondary N) is 2. The molecule has 156 valence electrons. The second-order valence-electron chi connectivity index (χ2n) is 7.56. The fraction of sp³-hybridized carbons (Fsp3) is 0.227. The standard InChI is InChI=1S/C22H21N7O2/c1-2-20(30)28-9-6-14(13-28)22(31)24-11-15-10-17-16(5-8-23-21(17)27-15)18-12-26-29-19(18)4-3-7-25-29/h2-5,7-8,10,12,14H,1,6,9,11,13H2,(H,23,27)(H,24,31)/t14-/m0/s1. The molecule has 5 heterocycles. The van der Waals surface area contributed by atoms with E-state index in [1.165, 1.54) is 6.08 Å². The number of pyridine rings is 1. The van der Waals surface area contributed by atoms with E-state index in [1.54, 1.807) is 28.1 Å². The van der Waals surface area contributed by atoms with Gasteiger partial charge in [0.2, 0.25) is 11.8 Å². The monoisotopic (exact) mass is 415 g/mol. The normalized spacial score (nSPS) is 16.1. The average molecular weight is 415 g/mol. The van der Waals surface area contributed by atoms with E-state index in [0.717, 1.165) is 33.4 Å². The number of hydrogen-bond acceptors (Lipinski definition) is 5. The molecule has 1 saturated heterocycles. The van der Waals surface area contributed by atoms with E-state index in [2.05, 4.69) is 32.1 Å². The van der Waals surface area contributed by atoms with Gasteiger partial charge in [0.05, 0.1) is 24.2 Å². The molecule has 0 unspecified atom stereocenters. The van der Waals surface area contributed by atoms with Crippen LogP contribution in [0.3, 0.4) is 0 Å². The number of aromatic nitrogens is 5. The molecular formula is C22H21N7O2. The maximum Gasteiger partial charge on any atom is 0.245 e. The number of H-pyrrole nitrogens is 1. The van der Waals surface area contributed by atoms with Gasteiger partial charge in [-0.05, 0) is 42.3 Å². The summed E-state index contributed by atoms with van der Waals surface area (Å²) in [5.41, 5.74) is 4.47. The summed E-state index contributed by atoms with van der Waals surface area (Å²) < 4.78 is 1.59. The van der Waals surface area contributed by atoms with Crippen molar-refractivity contribution >= 4 is 28.4 Å². The predicted octanol–water partition coefficient (Wildman–Crippen LogP) is 1.92. The van der Waals surface area contributed by atoms with Crippen LogP contribution in [0.25, 0.3) is 27.7 Å². The maximum absolute atomic E-state index is 12.6. The largest absolute Gasteiger partial charge is 0.350 e. The van der Waals surface area contributed by atoms with Gasteiger partial charge in [-0.15, -0.1) is 0 Å². The molecule has 5 rings (SSSR count). The zero-order valence-electron chi connectivity index (χ0n) is 16.8. The second-order valence-corrected chi connectivity index (χ2v) is 7.56. The smallest absolute Gasteiger partial charge is 0.245 e. The Kier molecular flexibility index (Phi) is 4.70. The van der Waals surface area contributed by atoms with Crippen molar-refractivity contribution in [2.45, 2.75) is 13.0 Å². The number of carbonyl (C=O) groups excluding carboxylic acids is 2. The number of carbonyl (C=O) groups is 2. The van der Waals surface area contributed by atoms with E-state index >= 15 is 0 Å². The van der Waals surface area contributed by atoms with Crippen LogP contribution in [0.5, 0.6) is 0 Å². The van der Waals surface area contributed by atoms with E-state index in [-0.39, 0.29) is 17.7 Å². The van der Waals surface area contributed by atoms with Crippen LogP contribution >= 0.6 is 0 Å². The van der Waals surface area contributed by atoms with Gasteiger partial charge in [-0.25, -0.2) is 4.98 Å². The third-order valence-electron chi connectivity index (χ3n) is 5.68. The van der Waals surface area contributed by atoms with Gasteiger partial charge in [-0.3, -0.25) is 9.59 Å². The molecule has 9 nitrogen and oxygen atoms in total. The molecule has 0 aromatic carbocycles. The summed E-state index contributed by atoms with van der Waals surface area (Å²) in [7, 11) is 0. The highest BCUT2D eigenvalue weighted by molar-refractivity contribution is 5.97. The first-order valence-corrected chi connectivity index (χ1v) is 10.1. The number of hydrogen-bond donors (Lipinski definition) is 2. The first kappa shape index (κ1) is 19.0. The van der Waals surface area contributed by atoms with Crippen molar-refractivity contribution in [2.24, 2.45) is 5.92 Å². The van der Waals surface area contributed by atoms with Crippen LogP contribution in [0.2, 0.25) is 0 Å². The highest BCUT2D eigenvalue weighted by atomic mass is 16.2. The van der Waals surface area contributed by atoms with Crippen LogP contribution in [0.1, 0.15) is 12.1 Å². The lowest BCUT2D eigenvalue weighted by Crippen LogP contribution is -2.33. The molecule has 0 radical (unpaired) electrons. The van der Waals surface area contributed by atoms with Gasteiger partial charge in [0.25, 0.3) is 0 Å². The third-order valence-corrected chi connectivity index (χ3v) is 5.68. The third kappa shape index (κ3) is 3.43. The summed E-state index contributed by atoms with van der Waals surface area (Å²) in [6.45, 7) is 4.87. The van der Waals surface area contributed by atoms with Gasteiger partial charge >= 0.3 is 0 Å². The molecule has 0 bridgehead atoms. The fourth-order valence-electron chi connectivity index (χ4n) is 4.08. The number of aromatic amines is 1. The maximum atomic E-state index is 12.6. The van der Waals surface area contributed by atoms with E-state index in [9.17, 15) is 9.59 Å². The SMILES string of the molecule is C=CC(=O)N1CC[C@H](C(=O)NCc2cc3c(-c4cnn5ncccc45)ccnc3[nH]2)C1. The average Bonchev–Trinajstić information content (AvgIpc) is 3.54. The Morgan fingerprint density at radius 2 is 2.16 bits per heavy atom. The Morgan fingerprint density at radius 1 is 1.26 bits per heavy atom. The molecule has 9 heteroatoms. The predicted molar refractivity (Wildman–Crippen MR) is 115 cm³/mol. The zero-order chi connectivity index (χ0) is 21.4. The van der Waals surface area contributed by atoms with Crippen LogP contribution in [-0.4, -0.2) is 54.6 Å². The second kappa shape index (κ2) is 7.67. The lowest BCUT2D eigenvalue weighted by Gasteiger charge is -2.14. The quantitative estimate of drug-likeness (QED) is 0.484. The molecule has 1 aliphatic rings. The lowest BCUT2D eigenvalue weighted by molar-refractivity contribution is -0.126. The molecule has 0 saturated carbocycles. The highest BCUT2D eigenvalue weighted by Gasteiger charge is 2.29. The number of likely N-dealkylation sites (tertiary alicyclic amines) is 1. The minimum Gasteiger partial charge on any atom is -0.350 e. The van der Waals surface area contributed by atoms with Crippen molar-refractivity contribution < 1.29 is 9.59 Å². The first-order chi connectivity index (χ1) is 15.1. The molecule has 1 atom stereocenters. The first-order valence-electron chi connectivity index (χ1n) is 10.1. The molecule has 1 fully saturated rings. The summed E-state index contributed by atoms with van der Waals surface area (Å²) in [6.07, 6.45) is 7.18. The van der Waals surface area contributed by atoms with Crippen LogP contribution < -0.4 is 5.32 Å². The summed E-state index contributed by atoms with van der Waals surface area (Å²) in [5, 5.41) is 12.5. The Labute approximate surface area is 177 Å². The topological polar surface area (TPSA) is 108 Å². The van der Waals surface area contributed by atoms with Crippen LogP contribution in [-0.2, 0) is 16.1 Å².